The lowest BCUT2D eigenvalue weighted by atomic mass is 10.3. The van der Waals surface area contributed by atoms with Gasteiger partial charge in [-0.25, -0.2) is 8.42 Å². The van der Waals surface area contributed by atoms with Gasteiger partial charge in [0.2, 0.25) is 10.0 Å². The maximum Gasteiger partial charge on any atom is 0.243 e. The van der Waals surface area contributed by atoms with Crippen molar-refractivity contribution in [3.05, 3.63) is 24.3 Å². The van der Waals surface area contributed by atoms with E-state index >= 15 is 0 Å². The normalized spacial score (nSPS) is 11.8. The molecule has 1 rings (SSSR count). The van der Waals surface area contributed by atoms with Crippen LogP contribution < -0.4 is 5.32 Å². The van der Waals surface area contributed by atoms with Gasteiger partial charge >= 0.3 is 0 Å². The smallest absolute Gasteiger partial charge is 0.243 e. The molecule has 19 heavy (non-hydrogen) atoms. The second-order valence-electron chi connectivity index (χ2n) is 4.13. The highest BCUT2D eigenvalue weighted by Crippen LogP contribution is 2.18. The molecule has 0 heterocycles. The molecular formula is C13H22N2O3S. The van der Waals surface area contributed by atoms with Gasteiger partial charge in [-0.2, -0.15) is 4.31 Å². The third-order valence-electron chi connectivity index (χ3n) is 2.79. The van der Waals surface area contributed by atoms with E-state index in [1.54, 1.807) is 31.2 Å². The summed E-state index contributed by atoms with van der Waals surface area (Å²) in [5.41, 5.74) is 0.903. The number of rotatable bonds is 8. The van der Waals surface area contributed by atoms with E-state index in [1.807, 2.05) is 6.92 Å². The lowest BCUT2D eigenvalue weighted by molar-refractivity contribution is 0.271. The quantitative estimate of drug-likeness (QED) is 0.760. The topological polar surface area (TPSA) is 69.6 Å². The number of hydrogen-bond donors (Lipinski definition) is 2. The molecule has 0 aromatic heterocycles. The Kier molecular flexibility index (Phi) is 6.27. The predicted molar refractivity (Wildman–Crippen MR) is 76.7 cm³/mol. The van der Waals surface area contributed by atoms with E-state index < -0.39 is 10.0 Å². The Hall–Kier alpha value is -1.11. The van der Waals surface area contributed by atoms with Crippen molar-refractivity contribution < 1.29 is 13.5 Å². The fraction of sp³-hybridized carbons (Fsp3) is 0.538. The van der Waals surface area contributed by atoms with Crippen molar-refractivity contribution in [2.24, 2.45) is 0 Å². The van der Waals surface area contributed by atoms with E-state index in [0.717, 1.165) is 12.2 Å². The zero-order chi connectivity index (χ0) is 14.3. The molecule has 5 nitrogen and oxygen atoms in total. The Morgan fingerprint density at radius 2 is 1.84 bits per heavy atom. The van der Waals surface area contributed by atoms with Crippen molar-refractivity contribution in [1.29, 1.82) is 0 Å². The average molecular weight is 286 g/mol. The minimum Gasteiger partial charge on any atom is -0.396 e. The molecule has 0 aliphatic carbocycles. The molecule has 0 aliphatic heterocycles. The number of aliphatic hydroxyl groups is 1. The van der Waals surface area contributed by atoms with Crippen LogP contribution in [0.1, 0.15) is 20.3 Å². The van der Waals surface area contributed by atoms with Crippen molar-refractivity contribution in [1.82, 2.24) is 4.31 Å². The molecule has 0 fully saturated rings. The van der Waals surface area contributed by atoms with Crippen molar-refractivity contribution in [3.63, 3.8) is 0 Å². The number of hydrogen-bond acceptors (Lipinski definition) is 4. The van der Waals surface area contributed by atoms with Gasteiger partial charge in [-0.3, -0.25) is 0 Å². The maximum atomic E-state index is 12.4. The van der Waals surface area contributed by atoms with Crippen LogP contribution in [0.5, 0.6) is 0 Å². The molecule has 0 spiro atoms. The van der Waals surface area contributed by atoms with Crippen molar-refractivity contribution in [3.8, 4) is 0 Å². The van der Waals surface area contributed by atoms with E-state index in [9.17, 15) is 8.42 Å². The first-order valence-electron chi connectivity index (χ1n) is 6.51. The summed E-state index contributed by atoms with van der Waals surface area (Å²) in [7, 11) is -3.46. The third-order valence-corrected chi connectivity index (χ3v) is 4.78. The van der Waals surface area contributed by atoms with Gasteiger partial charge in [0.15, 0.2) is 0 Å². The molecule has 1 aromatic rings. The summed E-state index contributed by atoms with van der Waals surface area (Å²) in [6, 6.07) is 6.73. The van der Waals surface area contributed by atoms with Crippen molar-refractivity contribution in [2.45, 2.75) is 25.2 Å². The number of sulfonamides is 1. The molecule has 0 aliphatic rings. The van der Waals surface area contributed by atoms with E-state index in [1.165, 1.54) is 4.31 Å². The van der Waals surface area contributed by atoms with Crippen molar-refractivity contribution in [2.75, 3.05) is 31.6 Å². The van der Waals surface area contributed by atoms with Gasteiger partial charge < -0.3 is 10.4 Å². The highest BCUT2D eigenvalue weighted by Gasteiger charge is 2.22. The standard InChI is InChI=1S/C13H22N2O3S/c1-3-14-12-6-8-13(9-7-12)19(17,18)15(4-2)10-5-11-16/h6-9,14,16H,3-5,10-11H2,1-2H3. The van der Waals surface area contributed by atoms with Gasteiger partial charge in [-0.15, -0.1) is 0 Å². The molecule has 1 aromatic carbocycles. The van der Waals surface area contributed by atoms with Gasteiger partial charge in [0.1, 0.15) is 0 Å². The SMILES string of the molecule is CCNc1ccc(S(=O)(=O)N(CC)CCCO)cc1. The van der Waals surface area contributed by atoms with Crippen LogP contribution in [0.3, 0.4) is 0 Å². The minimum absolute atomic E-state index is 0.00855. The molecule has 2 N–H and O–H groups in total. The van der Waals surface area contributed by atoms with Gasteiger partial charge in [-0.05, 0) is 37.6 Å². The molecule has 108 valence electrons. The molecule has 0 bridgehead atoms. The first kappa shape index (κ1) is 15.9. The van der Waals surface area contributed by atoms with E-state index in [0.29, 0.717) is 19.5 Å². The summed E-state index contributed by atoms with van der Waals surface area (Å²) in [4.78, 5) is 0.286. The summed E-state index contributed by atoms with van der Waals surface area (Å²) in [6.07, 6.45) is 0.447. The third kappa shape index (κ3) is 4.19. The molecule has 0 unspecified atom stereocenters. The molecule has 0 radical (unpaired) electrons. The van der Waals surface area contributed by atoms with Crippen LogP contribution in [-0.4, -0.2) is 44.1 Å². The Balaban J connectivity index is 2.91. The van der Waals surface area contributed by atoms with Gasteiger partial charge in [-0.1, -0.05) is 6.92 Å². The lowest BCUT2D eigenvalue weighted by Crippen LogP contribution is -2.32. The van der Waals surface area contributed by atoms with Crippen LogP contribution in [0.15, 0.2) is 29.2 Å². The zero-order valence-corrected chi connectivity index (χ0v) is 12.3. The highest BCUT2D eigenvalue weighted by atomic mass is 32.2. The second-order valence-corrected chi connectivity index (χ2v) is 6.07. The lowest BCUT2D eigenvalue weighted by Gasteiger charge is -2.20. The number of aliphatic hydroxyl groups excluding tert-OH is 1. The van der Waals surface area contributed by atoms with Crippen LogP contribution in [0.25, 0.3) is 0 Å². The highest BCUT2D eigenvalue weighted by molar-refractivity contribution is 7.89. The zero-order valence-electron chi connectivity index (χ0n) is 11.5. The summed E-state index contributed by atoms with van der Waals surface area (Å²) < 4.78 is 26.1. The molecular weight excluding hydrogens is 264 g/mol. The monoisotopic (exact) mass is 286 g/mol. The summed E-state index contributed by atoms with van der Waals surface area (Å²) in [5.74, 6) is 0. The van der Waals surface area contributed by atoms with Gasteiger partial charge in [0.05, 0.1) is 4.90 Å². The molecule has 0 atom stereocenters. The fourth-order valence-corrected chi connectivity index (χ4v) is 3.28. The Bertz CT molecular complexity index is 471. The Morgan fingerprint density at radius 3 is 2.32 bits per heavy atom. The number of anilines is 1. The molecule has 0 saturated carbocycles. The van der Waals surface area contributed by atoms with Crippen LogP contribution in [-0.2, 0) is 10.0 Å². The van der Waals surface area contributed by atoms with Crippen LogP contribution in [0.2, 0.25) is 0 Å². The molecule has 6 heteroatoms. The Morgan fingerprint density at radius 1 is 1.21 bits per heavy atom. The predicted octanol–water partition coefficient (Wildman–Crippen LogP) is 1.51. The van der Waals surface area contributed by atoms with Gasteiger partial charge in [0, 0.05) is 31.9 Å². The molecule has 0 amide bonds. The van der Waals surface area contributed by atoms with Crippen LogP contribution >= 0.6 is 0 Å². The average Bonchev–Trinajstić information content (AvgIpc) is 2.40. The minimum atomic E-state index is -3.46. The number of nitrogens with one attached hydrogen (secondary N) is 1. The fourth-order valence-electron chi connectivity index (χ4n) is 1.79. The first-order valence-corrected chi connectivity index (χ1v) is 7.95. The number of benzene rings is 1. The van der Waals surface area contributed by atoms with Crippen LogP contribution in [0.4, 0.5) is 5.69 Å². The Labute approximate surface area is 115 Å². The maximum absolute atomic E-state index is 12.4. The summed E-state index contributed by atoms with van der Waals surface area (Å²) >= 11 is 0. The van der Waals surface area contributed by atoms with E-state index in [2.05, 4.69) is 5.32 Å². The van der Waals surface area contributed by atoms with Crippen LogP contribution in [0, 0.1) is 0 Å². The van der Waals surface area contributed by atoms with E-state index in [4.69, 9.17) is 5.11 Å². The first-order chi connectivity index (χ1) is 9.06. The number of nitrogens with zero attached hydrogens (tertiary/aromatic N) is 1. The largest absolute Gasteiger partial charge is 0.396 e. The van der Waals surface area contributed by atoms with Crippen molar-refractivity contribution >= 4 is 15.7 Å². The summed E-state index contributed by atoms with van der Waals surface area (Å²) in [6.45, 7) is 5.30. The molecule has 0 saturated heterocycles. The van der Waals surface area contributed by atoms with Gasteiger partial charge in [0.25, 0.3) is 0 Å². The van der Waals surface area contributed by atoms with E-state index in [-0.39, 0.29) is 11.5 Å². The second kappa shape index (κ2) is 7.47. The summed E-state index contributed by atoms with van der Waals surface area (Å²) in [5, 5.41) is 11.9.